The topological polar surface area (TPSA) is 54.5 Å². The highest BCUT2D eigenvalue weighted by molar-refractivity contribution is 5.79. The maximum Gasteiger partial charge on any atom is 0.227 e. The van der Waals surface area contributed by atoms with E-state index in [1.54, 1.807) is 13.3 Å². The zero-order valence-corrected chi connectivity index (χ0v) is 14.2. The molecule has 2 heterocycles. The van der Waals surface area contributed by atoms with Gasteiger partial charge in [0, 0.05) is 19.8 Å². The molecule has 1 aliphatic heterocycles. The molecule has 0 saturated carbocycles. The molecule has 1 aromatic heterocycles. The van der Waals surface area contributed by atoms with Crippen molar-refractivity contribution in [1.82, 2.24) is 9.88 Å². The molecule has 1 saturated heterocycles. The number of ether oxygens (including phenoxy) is 1. The smallest absolute Gasteiger partial charge is 0.227 e. The van der Waals surface area contributed by atoms with Gasteiger partial charge in [-0.15, -0.1) is 0 Å². The zero-order valence-electron chi connectivity index (χ0n) is 14.2. The Balaban J connectivity index is 1.75. The molecule has 5 heteroatoms. The molecule has 1 amide bonds. The standard InChI is InChI=1S/C19H23N3O2/c1-20-18-13-15(8-9-21-18)17-7-4-10-22(17)19(23)12-14-5-3-6-16(11-14)24-2/h3,5-6,8-9,11,13,17H,4,7,10,12H2,1-2H3,(H,20,21)/t17-/m0/s1. The number of anilines is 1. The van der Waals surface area contributed by atoms with Crippen molar-refractivity contribution in [2.24, 2.45) is 0 Å². The van der Waals surface area contributed by atoms with Gasteiger partial charge in [-0.3, -0.25) is 4.79 Å². The van der Waals surface area contributed by atoms with Gasteiger partial charge in [0.25, 0.3) is 0 Å². The minimum atomic E-state index is 0.137. The summed E-state index contributed by atoms with van der Waals surface area (Å²) in [7, 11) is 3.49. The lowest BCUT2D eigenvalue weighted by Crippen LogP contribution is -2.31. The Kier molecular flexibility index (Phi) is 4.99. The Morgan fingerprint density at radius 1 is 1.38 bits per heavy atom. The summed E-state index contributed by atoms with van der Waals surface area (Å²) >= 11 is 0. The number of likely N-dealkylation sites (tertiary alicyclic amines) is 1. The van der Waals surface area contributed by atoms with Crippen molar-refractivity contribution in [1.29, 1.82) is 0 Å². The lowest BCUT2D eigenvalue weighted by atomic mass is 10.0. The molecule has 1 atom stereocenters. The first kappa shape index (κ1) is 16.3. The first-order chi connectivity index (χ1) is 11.7. The van der Waals surface area contributed by atoms with Crippen LogP contribution in [0.1, 0.15) is 30.0 Å². The summed E-state index contributed by atoms with van der Waals surface area (Å²) in [6.07, 6.45) is 4.23. The van der Waals surface area contributed by atoms with E-state index < -0.39 is 0 Å². The number of aromatic nitrogens is 1. The van der Waals surface area contributed by atoms with E-state index in [4.69, 9.17) is 4.74 Å². The van der Waals surface area contributed by atoms with Crippen LogP contribution in [0.25, 0.3) is 0 Å². The van der Waals surface area contributed by atoms with Gasteiger partial charge in [0.2, 0.25) is 5.91 Å². The minimum Gasteiger partial charge on any atom is -0.497 e. The number of carbonyl (C=O) groups excluding carboxylic acids is 1. The summed E-state index contributed by atoms with van der Waals surface area (Å²) in [5.41, 5.74) is 2.13. The predicted molar refractivity (Wildman–Crippen MR) is 94.2 cm³/mol. The monoisotopic (exact) mass is 325 g/mol. The van der Waals surface area contributed by atoms with Crippen LogP contribution in [-0.2, 0) is 11.2 Å². The Hall–Kier alpha value is -2.56. The normalized spacial score (nSPS) is 16.9. The Labute approximate surface area is 142 Å². The molecule has 5 nitrogen and oxygen atoms in total. The predicted octanol–water partition coefficient (Wildman–Crippen LogP) is 3.04. The summed E-state index contributed by atoms with van der Waals surface area (Å²) < 4.78 is 5.24. The second-order valence-corrected chi connectivity index (χ2v) is 6.00. The molecular weight excluding hydrogens is 302 g/mol. The highest BCUT2D eigenvalue weighted by Gasteiger charge is 2.30. The molecule has 126 valence electrons. The van der Waals surface area contributed by atoms with Crippen LogP contribution in [0.4, 0.5) is 5.82 Å². The molecule has 1 aliphatic rings. The van der Waals surface area contributed by atoms with Gasteiger partial charge in [-0.05, 0) is 48.2 Å². The van der Waals surface area contributed by atoms with E-state index in [0.717, 1.165) is 42.1 Å². The highest BCUT2D eigenvalue weighted by atomic mass is 16.5. The molecule has 1 N–H and O–H groups in total. The lowest BCUT2D eigenvalue weighted by molar-refractivity contribution is -0.131. The second kappa shape index (κ2) is 7.34. The van der Waals surface area contributed by atoms with Crippen molar-refractivity contribution in [3.05, 3.63) is 53.7 Å². The van der Waals surface area contributed by atoms with Crippen molar-refractivity contribution in [2.45, 2.75) is 25.3 Å². The van der Waals surface area contributed by atoms with Gasteiger partial charge in [0.15, 0.2) is 0 Å². The van der Waals surface area contributed by atoms with E-state index in [1.807, 2.05) is 48.3 Å². The third kappa shape index (κ3) is 3.50. The SMILES string of the molecule is CNc1cc([C@@H]2CCCN2C(=O)Cc2cccc(OC)c2)ccn1. The van der Waals surface area contributed by atoms with E-state index in [-0.39, 0.29) is 11.9 Å². The third-order valence-corrected chi connectivity index (χ3v) is 4.49. The number of rotatable bonds is 5. The van der Waals surface area contributed by atoms with Gasteiger partial charge in [-0.25, -0.2) is 4.98 Å². The van der Waals surface area contributed by atoms with Gasteiger partial charge < -0.3 is 15.0 Å². The van der Waals surface area contributed by atoms with E-state index in [1.165, 1.54) is 0 Å². The maximum atomic E-state index is 12.8. The number of nitrogens with one attached hydrogen (secondary N) is 1. The third-order valence-electron chi connectivity index (χ3n) is 4.49. The average molecular weight is 325 g/mol. The number of amides is 1. The van der Waals surface area contributed by atoms with Crippen LogP contribution in [0.5, 0.6) is 5.75 Å². The van der Waals surface area contributed by atoms with Crippen LogP contribution in [0.2, 0.25) is 0 Å². The van der Waals surface area contributed by atoms with Gasteiger partial charge >= 0.3 is 0 Å². The van der Waals surface area contributed by atoms with Crippen LogP contribution in [0, 0.1) is 0 Å². The fourth-order valence-electron chi connectivity index (χ4n) is 3.26. The van der Waals surface area contributed by atoms with E-state index in [2.05, 4.69) is 10.3 Å². The van der Waals surface area contributed by atoms with Crippen molar-refractivity contribution in [3.63, 3.8) is 0 Å². The molecule has 24 heavy (non-hydrogen) atoms. The molecule has 1 aromatic carbocycles. The van der Waals surface area contributed by atoms with Gasteiger partial charge in [-0.1, -0.05) is 12.1 Å². The summed E-state index contributed by atoms with van der Waals surface area (Å²) in [6, 6.07) is 11.9. The maximum absolute atomic E-state index is 12.8. The van der Waals surface area contributed by atoms with Gasteiger partial charge in [-0.2, -0.15) is 0 Å². The van der Waals surface area contributed by atoms with Crippen LogP contribution in [0.15, 0.2) is 42.6 Å². The largest absolute Gasteiger partial charge is 0.497 e. The van der Waals surface area contributed by atoms with Crippen molar-refractivity contribution in [2.75, 3.05) is 26.0 Å². The first-order valence-corrected chi connectivity index (χ1v) is 8.27. The van der Waals surface area contributed by atoms with Crippen LogP contribution in [0.3, 0.4) is 0 Å². The van der Waals surface area contributed by atoms with E-state index in [0.29, 0.717) is 6.42 Å². The first-order valence-electron chi connectivity index (χ1n) is 8.27. The molecule has 0 unspecified atom stereocenters. The molecule has 3 rings (SSSR count). The van der Waals surface area contributed by atoms with Gasteiger partial charge in [0.05, 0.1) is 19.6 Å². The molecule has 0 spiro atoms. The average Bonchev–Trinajstić information content (AvgIpc) is 3.12. The van der Waals surface area contributed by atoms with Gasteiger partial charge in [0.1, 0.15) is 11.6 Å². The van der Waals surface area contributed by atoms with Crippen molar-refractivity contribution >= 4 is 11.7 Å². The Morgan fingerprint density at radius 3 is 3.04 bits per heavy atom. The van der Waals surface area contributed by atoms with Crippen LogP contribution >= 0.6 is 0 Å². The fraction of sp³-hybridized carbons (Fsp3) is 0.368. The van der Waals surface area contributed by atoms with Crippen molar-refractivity contribution < 1.29 is 9.53 Å². The number of methoxy groups -OCH3 is 1. The molecule has 0 aliphatic carbocycles. The number of hydrogen-bond donors (Lipinski definition) is 1. The van der Waals surface area contributed by atoms with E-state index in [9.17, 15) is 4.79 Å². The molecule has 0 bridgehead atoms. The summed E-state index contributed by atoms with van der Waals surface area (Å²) in [5, 5.41) is 3.06. The highest BCUT2D eigenvalue weighted by Crippen LogP contribution is 2.33. The number of benzene rings is 1. The summed E-state index contributed by atoms with van der Waals surface area (Å²) in [4.78, 5) is 19.1. The molecule has 0 radical (unpaired) electrons. The molecule has 2 aromatic rings. The lowest BCUT2D eigenvalue weighted by Gasteiger charge is -2.25. The van der Waals surface area contributed by atoms with Crippen molar-refractivity contribution in [3.8, 4) is 5.75 Å². The summed E-state index contributed by atoms with van der Waals surface area (Å²) in [5.74, 6) is 1.78. The van der Waals surface area contributed by atoms with Crippen LogP contribution in [-0.4, -0.2) is 36.5 Å². The van der Waals surface area contributed by atoms with Crippen LogP contribution < -0.4 is 10.1 Å². The zero-order chi connectivity index (χ0) is 16.9. The quantitative estimate of drug-likeness (QED) is 0.918. The Bertz CT molecular complexity index is 717. The molecular formula is C19H23N3O2. The summed E-state index contributed by atoms with van der Waals surface area (Å²) in [6.45, 7) is 0.810. The number of hydrogen-bond acceptors (Lipinski definition) is 4. The minimum absolute atomic E-state index is 0.137. The molecule has 1 fully saturated rings. The number of pyridine rings is 1. The second-order valence-electron chi connectivity index (χ2n) is 6.00. The number of carbonyl (C=O) groups is 1. The Morgan fingerprint density at radius 2 is 2.25 bits per heavy atom. The van der Waals surface area contributed by atoms with E-state index >= 15 is 0 Å². The fourth-order valence-corrected chi connectivity index (χ4v) is 3.26. The number of nitrogens with zero attached hydrogens (tertiary/aromatic N) is 2.